The van der Waals surface area contributed by atoms with Crippen LogP contribution in [0.25, 0.3) is 0 Å². The van der Waals surface area contributed by atoms with Crippen LogP contribution in [0.2, 0.25) is 0 Å². The fourth-order valence-corrected chi connectivity index (χ4v) is 1.57. The fraction of sp³-hybridized carbons (Fsp3) is 0.800. The summed E-state index contributed by atoms with van der Waals surface area (Å²) in [5.74, 6) is 0.836. The van der Waals surface area contributed by atoms with Crippen molar-refractivity contribution in [3.05, 3.63) is 11.7 Å². The van der Waals surface area contributed by atoms with Crippen LogP contribution in [0, 0.1) is 0 Å². The standard InChI is InChI=1S/C10H16N2O5/c1-14-5-7(13)4-9-11-10(12-17-9)8-6-15-2-3-16-8/h7-8,13H,2-6H2,1H3. The number of methoxy groups -OCH3 is 1. The summed E-state index contributed by atoms with van der Waals surface area (Å²) in [6.07, 6.45) is -0.647. The third-order valence-electron chi connectivity index (χ3n) is 2.36. The number of aliphatic hydroxyl groups excluding tert-OH is 1. The molecule has 1 aromatic rings. The maximum atomic E-state index is 9.51. The van der Waals surface area contributed by atoms with E-state index in [0.29, 0.717) is 31.5 Å². The summed E-state index contributed by atoms with van der Waals surface area (Å²) in [7, 11) is 1.52. The van der Waals surface area contributed by atoms with Crippen molar-refractivity contribution >= 4 is 0 Å². The van der Waals surface area contributed by atoms with Crippen LogP contribution in [-0.2, 0) is 20.6 Å². The first kappa shape index (κ1) is 12.4. The first-order valence-corrected chi connectivity index (χ1v) is 5.48. The van der Waals surface area contributed by atoms with Crippen LogP contribution in [0.3, 0.4) is 0 Å². The van der Waals surface area contributed by atoms with Crippen LogP contribution in [0.4, 0.5) is 0 Å². The highest BCUT2D eigenvalue weighted by atomic mass is 16.6. The van der Waals surface area contributed by atoms with Gasteiger partial charge in [-0.05, 0) is 0 Å². The van der Waals surface area contributed by atoms with Crippen LogP contribution in [-0.4, -0.2) is 54.9 Å². The summed E-state index contributed by atoms with van der Waals surface area (Å²) in [6, 6.07) is 0. The molecule has 2 rings (SSSR count). The third kappa shape index (κ3) is 3.47. The Kier molecular flexibility index (Phi) is 4.43. The first-order chi connectivity index (χ1) is 8.29. The van der Waals surface area contributed by atoms with Gasteiger partial charge in [0.2, 0.25) is 11.7 Å². The lowest BCUT2D eigenvalue weighted by atomic mass is 10.2. The van der Waals surface area contributed by atoms with Crippen LogP contribution in [0.15, 0.2) is 4.52 Å². The van der Waals surface area contributed by atoms with Gasteiger partial charge in [0.15, 0.2) is 0 Å². The molecule has 1 aliphatic heterocycles. The van der Waals surface area contributed by atoms with E-state index in [4.69, 9.17) is 18.7 Å². The monoisotopic (exact) mass is 244 g/mol. The second-order valence-corrected chi connectivity index (χ2v) is 3.79. The largest absolute Gasteiger partial charge is 0.390 e. The molecular formula is C10H16N2O5. The molecule has 96 valence electrons. The van der Waals surface area contributed by atoms with Crippen molar-refractivity contribution < 1.29 is 23.8 Å². The molecule has 0 spiro atoms. The van der Waals surface area contributed by atoms with Crippen LogP contribution < -0.4 is 0 Å². The number of rotatable bonds is 5. The Morgan fingerprint density at radius 2 is 2.41 bits per heavy atom. The highest BCUT2D eigenvalue weighted by Crippen LogP contribution is 2.17. The molecule has 0 radical (unpaired) electrons. The molecule has 2 heterocycles. The van der Waals surface area contributed by atoms with E-state index in [0.717, 1.165) is 0 Å². The molecule has 1 N–H and O–H groups in total. The Morgan fingerprint density at radius 1 is 1.53 bits per heavy atom. The Morgan fingerprint density at radius 3 is 3.12 bits per heavy atom. The average Bonchev–Trinajstić information content (AvgIpc) is 2.79. The fourth-order valence-electron chi connectivity index (χ4n) is 1.57. The molecule has 2 unspecified atom stereocenters. The van der Waals surface area contributed by atoms with E-state index in [1.54, 1.807) is 0 Å². The van der Waals surface area contributed by atoms with Gasteiger partial charge in [0.25, 0.3) is 0 Å². The molecule has 7 heteroatoms. The zero-order chi connectivity index (χ0) is 12.1. The van der Waals surface area contributed by atoms with Crippen molar-refractivity contribution in [3.8, 4) is 0 Å². The molecule has 1 aliphatic rings. The van der Waals surface area contributed by atoms with Gasteiger partial charge in [0.05, 0.1) is 39.0 Å². The molecule has 1 saturated heterocycles. The lowest BCUT2D eigenvalue weighted by Gasteiger charge is -2.19. The maximum absolute atomic E-state index is 9.51. The molecule has 0 saturated carbocycles. The highest BCUT2D eigenvalue weighted by molar-refractivity contribution is 4.93. The van der Waals surface area contributed by atoms with Crippen molar-refractivity contribution in [2.45, 2.75) is 18.6 Å². The third-order valence-corrected chi connectivity index (χ3v) is 2.36. The smallest absolute Gasteiger partial charge is 0.229 e. The van der Waals surface area contributed by atoms with Gasteiger partial charge in [0, 0.05) is 7.11 Å². The van der Waals surface area contributed by atoms with Gasteiger partial charge in [0.1, 0.15) is 6.10 Å². The van der Waals surface area contributed by atoms with E-state index in [2.05, 4.69) is 10.1 Å². The van der Waals surface area contributed by atoms with Crippen molar-refractivity contribution in [2.24, 2.45) is 0 Å². The second kappa shape index (κ2) is 6.06. The molecule has 0 bridgehead atoms. The summed E-state index contributed by atoms with van der Waals surface area (Å²) in [5.41, 5.74) is 0. The lowest BCUT2D eigenvalue weighted by molar-refractivity contribution is -0.0941. The van der Waals surface area contributed by atoms with E-state index in [-0.39, 0.29) is 19.1 Å². The Hall–Kier alpha value is -1.02. The number of aromatic nitrogens is 2. The molecule has 0 aromatic carbocycles. The number of aliphatic hydroxyl groups is 1. The van der Waals surface area contributed by atoms with E-state index in [9.17, 15) is 5.11 Å². The summed E-state index contributed by atoms with van der Waals surface area (Å²) >= 11 is 0. The van der Waals surface area contributed by atoms with Crippen molar-refractivity contribution in [1.82, 2.24) is 10.1 Å². The number of ether oxygens (including phenoxy) is 3. The van der Waals surface area contributed by atoms with Crippen LogP contribution >= 0.6 is 0 Å². The predicted molar refractivity (Wildman–Crippen MR) is 55.4 cm³/mol. The maximum Gasteiger partial charge on any atom is 0.229 e. The molecule has 17 heavy (non-hydrogen) atoms. The number of nitrogens with zero attached hydrogens (tertiary/aromatic N) is 2. The Labute approximate surface area is 98.7 Å². The summed E-state index contributed by atoms with van der Waals surface area (Å²) in [5, 5.41) is 13.3. The minimum Gasteiger partial charge on any atom is -0.390 e. The average molecular weight is 244 g/mol. The molecular weight excluding hydrogens is 228 g/mol. The normalized spacial score (nSPS) is 22.6. The first-order valence-electron chi connectivity index (χ1n) is 5.48. The minimum atomic E-state index is -0.642. The van der Waals surface area contributed by atoms with Gasteiger partial charge in [-0.2, -0.15) is 4.98 Å². The van der Waals surface area contributed by atoms with Gasteiger partial charge in [-0.15, -0.1) is 0 Å². The summed E-state index contributed by atoms with van der Waals surface area (Å²) in [6.45, 7) is 1.79. The number of hydrogen-bond donors (Lipinski definition) is 1. The van der Waals surface area contributed by atoms with Gasteiger partial charge in [-0.1, -0.05) is 5.16 Å². The summed E-state index contributed by atoms with van der Waals surface area (Å²) < 4.78 is 20.5. The molecule has 0 amide bonds. The molecule has 1 aromatic heterocycles. The quantitative estimate of drug-likeness (QED) is 0.761. The van der Waals surface area contributed by atoms with E-state index >= 15 is 0 Å². The minimum absolute atomic E-state index is 0.237. The predicted octanol–water partition coefficient (Wildman–Crippen LogP) is -0.293. The Balaban J connectivity index is 1.90. The van der Waals surface area contributed by atoms with E-state index < -0.39 is 6.10 Å². The van der Waals surface area contributed by atoms with E-state index in [1.165, 1.54) is 7.11 Å². The topological polar surface area (TPSA) is 86.8 Å². The van der Waals surface area contributed by atoms with Gasteiger partial charge in [-0.3, -0.25) is 0 Å². The number of hydrogen-bond acceptors (Lipinski definition) is 7. The molecule has 2 atom stereocenters. The molecule has 0 aliphatic carbocycles. The van der Waals surface area contributed by atoms with Crippen LogP contribution in [0.1, 0.15) is 17.8 Å². The zero-order valence-corrected chi connectivity index (χ0v) is 9.66. The molecule has 1 fully saturated rings. The van der Waals surface area contributed by atoms with Crippen molar-refractivity contribution in [1.29, 1.82) is 0 Å². The van der Waals surface area contributed by atoms with Gasteiger partial charge >= 0.3 is 0 Å². The lowest BCUT2D eigenvalue weighted by Crippen LogP contribution is -2.23. The molecule has 7 nitrogen and oxygen atoms in total. The SMILES string of the molecule is COCC(O)Cc1nc(C2COCCO2)no1. The highest BCUT2D eigenvalue weighted by Gasteiger charge is 2.22. The second-order valence-electron chi connectivity index (χ2n) is 3.79. The zero-order valence-electron chi connectivity index (χ0n) is 9.66. The van der Waals surface area contributed by atoms with Crippen molar-refractivity contribution in [3.63, 3.8) is 0 Å². The Bertz CT molecular complexity index is 337. The summed E-state index contributed by atoms with van der Waals surface area (Å²) in [4.78, 5) is 4.16. The van der Waals surface area contributed by atoms with E-state index in [1.807, 2.05) is 0 Å². The van der Waals surface area contributed by atoms with Gasteiger partial charge < -0.3 is 23.8 Å². The van der Waals surface area contributed by atoms with Crippen LogP contribution in [0.5, 0.6) is 0 Å². The van der Waals surface area contributed by atoms with Gasteiger partial charge in [-0.25, -0.2) is 0 Å². The van der Waals surface area contributed by atoms with Crippen molar-refractivity contribution in [2.75, 3.05) is 33.5 Å².